The molecule has 3 aromatic rings. The van der Waals surface area contributed by atoms with Crippen LogP contribution in [0.1, 0.15) is 41.3 Å². The number of aromatic amines is 1. The molecule has 0 spiro atoms. The molecule has 1 aromatic heterocycles. The molecule has 0 saturated heterocycles. The summed E-state index contributed by atoms with van der Waals surface area (Å²) in [6.07, 6.45) is 1.48. The van der Waals surface area contributed by atoms with Crippen molar-refractivity contribution in [3.8, 4) is 11.8 Å². The Hall–Kier alpha value is -4.32. The fourth-order valence-corrected chi connectivity index (χ4v) is 3.51. The van der Waals surface area contributed by atoms with E-state index in [1.807, 2.05) is 13.0 Å². The van der Waals surface area contributed by atoms with Gasteiger partial charge in [0.15, 0.2) is 5.69 Å². The van der Waals surface area contributed by atoms with Crippen molar-refractivity contribution in [3.63, 3.8) is 0 Å². The zero-order valence-electron chi connectivity index (χ0n) is 18.5. The first-order valence-electron chi connectivity index (χ1n) is 10.5. The lowest BCUT2D eigenvalue weighted by Crippen LogP contribution is -2.41. The highest BCUT2D eigenvalue weighted by atomic mass is 16.5. The summed E-state index contributed by atoms with van der Waals surface area (Å²) in [7, 11) is 1.51. The number of rotatable bonds is 8. The maximum atomic E-state index is 13.6. The molecule has 2 aromatic carbocycles. The Labute approximate surface area is 190 Å². The van der Waals surface area contributed by atoms with Crippen LogP contribution in [0.3, 0.4) is 0 Å². The molecule has 0 unspecified atom stereocenters. The zero-order valence-corrected chi connectivity index (χ0v) is 18.5. The summed E-state index contributed by atoms with van der Waals surface area (Å²) in [6.45, 7) is 2.22. The van der Waals surface area contributed by atoms with Crippen LogP contribution in [0.5, 0.6) is 5.75 Å². The standard InChI is InChI=1S/C24H25N5O4/c1-3-4-12-28-21(26)20(22(30)27-24(28)32)29(15-18-9-5-6-11-19(18)33-2)23(31)17-10-7-8-16(13-17)14-25/h5-11,13H,3-4,12,15,26H2,1-2H3,(H,27,30,32). The lowest BCUT2D eigenvalue weighted by molar-refractivity contribution is 0.0984. The number of carbonyl (C=O) groups is 1. The van der Waals surface area contributed by atoms with Gasteiger partial charge in [0.05, 0.1) is 25.3 Å². The predicted octanol–water partition coefficient (Wildman–Crippen LogP) is 2.65. The zero-order chi connectivity index (χ0) is 24.0. The molecule has 0 aliphatic rings. The van der Waals surface area contributed by atoms with Gasteiger partial charge in [-0.15, -0.1) is 0 Å². The quantitative estimate of drug-likeness (QED) is 0.545. The molecular weight excluding hydrogens is 422 g/mol. The van der Waals surface area contributed by atoms with Crippen molar-refractivity contribution in [1.29, 1.82) is 5.26 Å². The molecule has 0 fully saturated rings. The molecule has 9 nitrogen and oxygen atoms in total. The number of hydrogen-bond acceptors (Lipinski definition) is 6. The molecule has 3 N–H and O–H groups in total. The van der Waals surface area contributed by atoms with E-state index < -0.39 is 17.2 Å². The van der Waals surface area contributed by atoms with Crippen LogP contribution in [-0.2, 0) is 13.1 Å². The van der Waals surface area contributed by atoms with E-state index in [2.05, 4.69) is 4.98 Å². The Bertz CT molecular complexity index is 1320. The van der Waals surface area contributed by atoms with Gasteiger partial charge in [0.2, 0.25) is 0 Å². The van der Waals surface area contributed by atoms with Gasteiger partial charge in [0, 0.05) is 17.7 Å². The number of unbranched alkanes of at least 4 members (excludes halogenated alkanes) is 1. The highest BCUT2D eigenvalue weighted by Crippen LogP contribution is 2.26. The Morgan fingerprint density at radius 2 is 1.97 bits per heavy atom. The molecule has 3 rings (SSSR count). The van der Waals surface area contributed by atoms with Gasteiger partial charge in [-0.25, -0.2) is 4.79 Å². The van der Waals surface area contributed by atoms with Crippen molar-refractivity contribution in [2.24, 2.45) is 0 Å². The maximum Gasteiger partial charge on any atom is 0.330 e. The lowest BCUT2D eigenvalue weighted by atomic mass is 10.1. The van der Waals surface area contributed by atoms with Crippen molar-refractivity contribution < 1.29 is 9.53 Å². The smallest absolute Gasteiger partial charge is 0.330 e. The number of aromatic nitrogens is 2. The first-order valence-corrected chi connectivity index (χ1v) is 10.5. The molecule has 0 radical (unpaired) electrons. The molecule has 33 heavy (non-hydrogen) atoms. The van der Waals surface area contributed by atoms with Crippen molar-refractivity contribution in [2.75, 3.05) is 17.7 Å². The Morgan fingerprint density at radius 3 is 2.67 bits per heavy atom. The van der Waals surface area contributed by atoms with Gasteiger partial charge in [-0.2, -0.15) is 5.26 Å². The monoisotopic (exact) mass is 447 g/mol. The minimum Gasteiger partial charge on any atom is -0.496 e. The fraction of sp³-hybridized carbons (Fsp3) is 0.250. The molecule has 1 amide bonds. The second kappa shape index (κ2) is 10.3. The van der Waals surface area contributed by atoms with E-state index in [0.717, 1.165) is 6.42 Å². The third-order valence-corrected chi connectivity index (χ3v) is 5.22. The van der Waals surface area contributed by atoms with Crippen LogP contribution in [0.2, 0.25) is 0 Å². The molecule has 0 bridgehead atoms. The Morgan fingerprint density at radius 1 is 1.21 bits per heavy atom. The van der Waals surface area contributed by atoms with E-state index in [1.165, 1.54) is 22.6 Å². The van der Waals surface area contributed by atoms with Crippen molar-refractivity contribution in [2.45, 2.75) is 32.9 Å². The number of nitrogen functional groups attached to an aromatic ring is 1. The van der Waals surface area contributed by atoms with Crippen LogP contribution in [0, 0.1) is 11.3 Å². The van der Waals surface area contributed by atoms with E-state index in [0.29, 0.717) is 29.8 Å². The summed E-state index contributed by atoms with van der Waals surface area (Å²) in [5.74, 6) is -0.122. The minimum atomic E-state index is -0.773. The molecule has 0 aliphatic heterocycles. The van der Waals surface area contributed by atoms with E-state index in [-0.39, 0.29) is 23.6 Å². The van der Waals surface area contributed by atoms with Gasteiger partial charge in [-0.05, 0) is 30.7 Å². The van der Waals surface area contributed by atoms with Gasteiger partial charge in [-0.1, -0.05) is 37.6 Å². The number of ether oxygens (including phenoxy) is 1. The van der Waals surface area contributed by atoms with E-state index in [9.17, 15) is 19.6 Å². The number of nitrogens with zero attached hydrogens (tertiary/aromatic N) is 3. The first kappa shape index (κ1) is 23.3. The number of hydrogen-bond donors (Lipinski definition) is 2. The van der Waals surface area contributed by atoms with Crippen LogP contribution in [0.15, 0.2) is 58.1 Å². The van der Waals surface area contributed by atoms with Gasteiger partial charge >= 0.3 is 5.69 Å². The molecule has 9 heteroatoms. The average Bonchev–Trinajstić information content (AvgIpc) is 2.83. The molecule has 1 heterocycles. The van der Waals surface area contributed by atoms with E-state index in [1.54, 1.807) is 42.5 Å². The van der Waals surface area contributed by atoms with Gasteiger partial charge < -0.3 is 10.5 Å². The third-order valence-electron chi connectivity index (χ3n) is 5.22. The number of benzene rings is 2. The fourth-order valence-electron chi connectivity index (χ4n) is 3.51. The molecule has 0 atom stereocenters. The van der Waals surface area contributed by atoms with Gasteiger partial charge in [0.1, 0.15) is 11.6 Å². The molecule has 170 valence electrons. The van der Waals surface area contributed by atoms with Crippen LogP contribution in [0.4, 0.5) is 11.5 Å². The van der Waals surface area contributed by atoms with Crippen LogP contribution in [0.25, 0.3) is 0 Å². The number of nitriles is 1. The Balaban J connectivity index is 2.21. The summed E-state index contributed by atoms with van der Waals surface area (Å²) in [5.41, 5.74) is 5.88. The number of H-pyrrole nitrogens is 1. The van der Waals surface area contributed by atoms with Crippen LogP contribution in [-0.4, -0.2) is 22.6 Å². The van der Waals surface area contributed by atoms with E-state index >= 15 is 0 Å². The van der Waals surface area contributed by atoms with Gasteiger partial charge in [-0.3, -0.25) is 24.0 Å². The number of para-hydroxylation sites is 1. The second-order valence-corrected chi connectivity index (χ2v) is 7.39. The second-order valence-electron chi connectivity index (χ2n) is 7.39. The molecular formula is C24H25N5O4. The summed E-state index contributed by atoms with van der Waals surface area (Å²) in [6, 6.07) is 15.2. The van der Waals surface area contributed by atoms with Crippen molar-refractivity contribution in [1.82, 2.24) is 9.55 Å². The number of amides is 1. The highest BCUT2D eigenvalue weighted by molar-refractivity contribution is 6.07. The number of carbonyl (C=O) groups excluding carboxylic acids is 1. The van der Waals surface area contributed by atoms with Crippen LogP contribution < -0.4 is 26.6 Å². The summed E-state index contributed by atoms with van der Waals surface area (Å²) in [4.78, 5) is 42.4. The summed E-state index contributed by atoms with van der Waals surface area (Å²) in [5, 5.41) is 9.24. The largest absolute Gasteiger partial charge is 0.496 e. The number of nitrogens with two attached hydrogens (primary N) is 1. The van der Waals surface area contributed by atoms with E-state index in [4.69, 9.17) is 10.5 Å². The van der Waals surface area contributed by atoms with Gasteiger partial charge in [0.25, 0.3) is 11.5 Å². The normalized spacial score (nSPS) is 10.5. The van der Waals surface area contributed by atoms with Crippen LogP contribution >= 0.6 is 0 Å². The van der Waals surface area contributed by atoms with Crippen molar-refractivity contribution >= 4 is 17.4 Å². The maximum absolute atomic E-state index is 13.6. The lowest BCUT2D eigenvalue weighted by Gasteiger charge is -2.25. The summed E-state index contributed by atoms with van der Waals surface area (Å²) >= 11 is 0. The first-order chi connectivity index (χ1) is 15.9. The SMILES string of the molecule is CCCCn1c(N)c(N(Cc2ccccc2OC)C(=O)c2cccc(C#N)c2)c(=O)[nH]c1=O. The molecule has 0 saturated carbocycles. The number of nitrogens with one attached hydrogen (secondary N) is 1. The number of methoxy groups -OCH3 is 1. The highest BCUT2D eigenvalue weighted by Gasteiger charge is 2.26. The number of anilines is 2. The third kappa shape index (κ3) is 4.96. The van der Waals surface area contributed by atoms with Crippen molar-refractivity contribution in [3.05, 3.63) is 86.1 Å². The minimum absolute atomic E-state index is 0.0428. The Kier molecular flexibility index (Phi) is 7.31. The topological polar surface area (TPSA) is 134 Å². The summed E-state index contributed by atoms with van der Waals surface area (Å²) < 4.78 is 6.67. The average molecular weight is 447 g/mol. The molecule has 0 aliphatic carbocycles. The predicted molar refractivity (Wildman–Crippen MR) is 125 cm³/mol.